The molecule has 2 aliphatic rings. The molecule has 74 heavy (non-hydrogen) atoms. The molecule has 8 rings (SSSR count). The van der Waals surface area contributed by atoms with Crippen molar-refractivity contribution in [2.24, 2.45) is 0 Å². The van der Waals surface area contributed by atoms with Gasteiger partial charge in [0.2, 0.25) is 0 Å². The molecular weight excluding hydrogens is 984 g/mol. The molecule has 6 aromatic rings. The monoisotopic (exact) mass is 1040 g/mol. The number of fused-ring (bicyclic) bond motifs is 2. The quantitative estimate of drug-likeness (QED) is 0.0936. The third kappa shape index (κ3) is 12.7. The van der Waals surface area contributed by atoms with Crippen LogP contribution < -0.4 is 10.6 Å². The number of aryl methyl sites for hydroxylation is 4. The average Bonchev–Trinajstić information content (AvgIpc) is 3.96. The second-order valence-corrected chi connectivity index (χ2v) is 18.7. The fraction of sp³-hybridized carbons (Fsp3) is 0.407. The highest BCUT2D eigenvalue weighted by molar-refractivity contribution is 6.08. The van der Waals surface area contributed by atoms with Crippen molar-refractivity contribution in [3.05, 3.63) is 141 Å². The number of benzene rings is 4. The second kappa shape index (κ2) is 23.6. The summed E-state index contributed by atoms with van der Waals surface area (Å²) in [5.74, 6) is -5.69. The molecule has 20 heteroatoms. The minimum absolute atomic E-state index is 0.0504. The van der Waals surface area contributed by atoms with Gasteiger partial charge >= 0.3 is 24.2 Å². The Labute approximate surface area is 421 Å². The van der Waals surface area contributed by atoms with E-state index in [9.17, 15) is 63.8 Å². The van der Waals surface area contributed by atoms with Crippen LogP contribution in [0.1, 0.15) is 104 Å². The van der Waals surface area contributed by atoms with Crippen molar-refractivity contribution in [2.75, 3.05) is 39.5 Å². The van der Waals surface area contributed by atoms with Crippen LogP contribution >= 0.6 is 0 Å². The Bertz CT molecular complexity index is 2790. The number of aliphatic hydroxyl groups excluding tert-OH is 1. The number of nitrogens with one attached hydrogen (secondary N) is 2. The number of halogens is 9. The van der Waals surface area contributed by atoms with Gasteiger partial charge in [-0.3, -0.25) is 23.6 Å². The number of rotatable bonds is 14. The normalized spacial score (nSPS) is 14.8. The number of aromatic nitrogens is 2. The Hall–Kier alpha value is -6.83. The van der Waals surface area contributed by atoms with Crippen molar-refractivity contribution in [3.63, 3.8) is 0 Å². The summed E-state index contributed by atoms with van der Waals surface area (Å²) in [5.41, 5.74) is 6.52. The zero-order valence-corrected chi connectivity index (χ0v) is 40.8. The zero-order valence-electron chi connectivity index (χ0n) is 40.8. The van der Waals surface area contributed by atoms with Crippen molar-refractivity contribution in [2.45, 2.75) is 103 Å². The van der Waals surface area contributed by atoms with Crippen molar-refractivity contribution < 1.29 is 63.8 Å². The Morgan fingerprint density at radius 3 is 1.35 bits per heavy atom. The van der Waals surface area contributed by atoms with Crippen LogP contribution in [0.3, 0.4) is 0 Å². The van der Waals surface area contributed by atoms with E-state index in [1.165, 1.54) is 36.4 Å². The van der Waals surface area contributed by atoms with Gasteiger partial charge in [0.15, 0.2) is 0 Å². The Morgan fingerprint density at radius 1 is 0.595 bits per heavy atom. The maximum Gasteiger partial charge on any atom is 0.471 e. The largest absolute Gasteiger partial charge is 0.471 e. The Balaban J connectivity index is 0.000000216. The number of para-hydroxylation sites is 2. The summed E-state index contributed by atoms with van der Waals surface area (Å²) < 4.78 is 121. The number of carbonyl (C=O) groups excluding carboxylic acids is 4. The van der Waals surface area contributed by atoms with Gasteiger partial charge in [-0.2, -0.15) is 26.3 Å². The maximum atomic E-state index is 14.6. The number of aliphatic hydroxyl groups is 1. The first-order valence-electron chi connectivity index (χ1n) is 24.4. The number of carbonyl (C=O) groups is 4. The third-order valence-electron chi connectivity index (χ3n) is 13.7. The molecule has 0 bridgehead atoms. The van der Waals surface area contributed by atoms with E-state index in [2.05, 4.69) is 0 Å². The molecule has 0 unspecified atom stereocenters. The average molecular weight is 1040 g/mol. The number of nitrogens with zero attached hydrogens (tertiary/aromatic N) is 4. The van der Waals surface area contributed by atoms with E-state index in [0.29, 0.717) is 111 Å². The summed E-state index contributed by atoms with van der Waals surface area (Å²) in [6.45, 7) is 5.46. The molecule has 2 fully saturated rings. The molecule has 2 aliphatic heterocycles. The lowest BCUT2D eigenvalue weighted by Crippen LogP contribution is -2.38. The van der Waals surface area contributed by atoms with Crippen molar-refractivity contribution in [1.82, 2.24) is 29.6 Å². The Morgan fingerprint density at radius 2 is 0.986 bits per heavy atom. The van der Waals surface area contributed by atoms with E-state index in [0.717, 1.165) is 32.9 Å². The van der Waals surface area contributed by atoms with E-state index in [4.69, 9.17) is 0 Å². The van der Waals surface area contributed by atoms with Crippen molar-refractivity contribution >= 4 is 45.4 Å². The lowest BCUT2D eigenvalue weighted by Gasteiger charge is -2.32. The minimum atomic E-state index is -4.99. The lowest BCUT2D eigenvalue weighted by atomic mass is 9.88. The fourth-order valence-corrected chi connectivity index (χ4v) is 9.98. The SMILES string of the molecule is Cc1cccc2c(C(=O)N3CCC(c4cc(CNC(=O)C(F)(F)F)ccc4F)CC3)cn(CCCF)c12.Cc1cccc2c(C(=O)N3CCC(c4cc(CNC(=O)C(F)(F)F)ccc4F)CC3)cn(CCCO)c12. The summed E-state index contributed by atoms with van der Waals surface area (Å²) >= 11 is 0. The molecule has 0 aliphatic carbocycles. The van der Waals surface area contributed by atoms with E-state index >= 15 is 0 Å². The highest BCUT2D eigenvalue weighted by Gasteiger charge is 2.39. The molecule has 0 atom stereocenters. The highest BCUT2D eigenvalue weighted by atomic mass is 19.4. The van der Waals surface area contributed by atoms with Crippen LogP contribution in [0, 0.1) is 25.5 Å². The molecule has 2 aromatic heterocycles. The predicted molar refractivity (Wildman–Crippen MR) is 260 cm³/mol. The summed E-state index contributed by atoms with van der Waals surface area (Å²) in [5, 5.41) is 14.5. The molecule has 4 aromatic carbocycles. The van der Waals surface area contributed by atoms with Crippen LogP contribution in [0.2, 0.25) is 0 Å². The molecule has 0 saturated carbocycles. The molecule has 2 saturated heterocycles. The van der Waals surface area contributed by atoms with Crippen LogP contribution in [0.15, 0.2) is 85.2 Å². The van der Waals surface area contributed by atoms with Gasteiger partial charge < -0.3 is 34.7 Å². The fourth-order valence-electron chi connectivity index (χ4n) is 9.98. The van der Waals surface area contributed by atoms with Crippen LogP contribution in [-0.4, -0.2) is 99.5 Å². The molecule has 4 amide bonds. The molecule has 0 spiro atoms. The number of piperidine rings is 2. The van der Waals surface area contributed by atoms with Gasteiger partial charge in [-0.15, -0.1) is 0 Å². The topological polar surface area (TPSA) is 129 Å². The predicted octanol–water partition coefficient (Wildman–Crippen LogP) is 10.3. The second-order valence-electron chi connectivity index (χ2n) is 18.7. The van der Waals surface area contributed by atoms with Gasteiger partial charge in [-0.1, -0.05) is 60.7 Å². The van der Waals surface area contributed by atoms with Crippen molar-refractivity contribution in [1.29, 1.82) is 0 Å². The molecule has 11 nitrogen and oxygen atoms in total. The van der Waals surface area contributed by atoms with Gasteiger partial charge in [-0.05, 0) is 110 Å². The van der Waals surface area contributed by atoms with Crippen molar-refractivity contribution in [3.8, 4) is 0 Å². The molecule has 0 radical (unpaired) electrons. The number of alkyl halides is 7. The lowest BCUT2D eigenvalue weighted by molar-refractivity contribution is -0.173. The molecular formula is C54H57F9N6O5. The first-order chi connectivity index (χ1) is 35.2. The van der Waals surface area contributed by atoms with Gasteiger partial charge in [0, 0.05) is 82.1 Å². The number of amides is 4. The van der Waals surface area contributed by atoms with Crippen LogP contribution in [-0.2, 0) is 35.8 Å². The standard InChI is InChI=1S/C27H28F5N3O2.C27H29F4N3O3/c1-17-4-2-5-20-22(16-35(24(17)20)11-3-10-28)25(36)34-12-8-19(9-13-34)21-14-18(6-7-23(21)29)15-33-26(37)27(30,31)32;1-17-4-2-5-20-22(16-34(24(17)20)10-3-13-35)25(36)33-11-8-19(9-12-33)21-14-18(6-7-23(21)28)15-32-26(37)27(29,30)31/h2,4-7,14,16,19H,3,8-13,15H2,1H3,(H,33,37);2,4-7,14,16,19,35H,3,8-13,15H2,1H3,(H,32,37). The van der Waals surface area contributed by atoms with Gasteiger partial charge in [0.05, 0.1) is 28.8 Å². The van der Waals surface area contributed by atoms with Gasteiger partial charge in [-0.25, -0.2) is 8.78 Å². The minimum Gasteiger partial charge on any atom is -0.396 e. The molecule has 396 valence electrons. The smallest absolute Gasteiger partial charge is 0.396 e. The summed E-state index contributed by atoms with van der Waals surface area (Å²) in [7, 11) is 0. The van der Waals surface area contributed by atoms with E-state index in [1.54, 1.807) is 26.6 Å². The first kappa shape index (κ1) is 54.9. The summed E-state index contributed by atoms with van der Waals surface area (Å²) in [6.07, 6.45) is -3.45. The molecule has 4 heterocycles. The number of hydrogen-bond acceptors (Lipinski definition) is 5. The zero-order chi connectivity index (χ0) is 53.5. The number of hydrogen-bond donors (Lipinski definition) is 3. The van der Waals surface area contributed by atoms with E-state index < -0.39 is 42.5 Å². The van der Waals surface area contributed by atoms with Gasteiger partial charge in [0.1, 0.15) is 11.6 Å². The third-order valence-corrected chi connectivity index (χ3v) is 13.7. The van der Waals surface area contributed by atoms with E-state index in [-0.39, 0.29) is 43.3 Å². The summed E-state index contributed by atoms with van der Waals surface area (Å²) in [6, 6.07) is 19.6. The Kier molecular flexibility index (Phi) is 17.5. The van der Waals surface area contributed by atoms with Crippen LogP contribution in [0.5, 0.6) is 0 Å². The summed E-state index contributed by atoms with van der Waals surface area (Å²) in [4.78, 5) is 52.6. The number of likely N-dealkylation sites (tertiary alicyclic amines) is 2. The molecule has 3 N–H and O–H groups in total. The highest BCUT2D eigenvalue weighted by Crippen LogP contribution is 2.35. The maximum absolute atomic E-state index is 14.6. The van der Waals surface area contributed by atoms with Crippen LogP contribution in [0.25, 0.3) is 21.8 Å². The van der Waals surface area contributed by atoms with E-state index in [1.807, 2.05) is 65.6 Å². The van der Waals surface area contributed by atoms with Crippen LogP contribution in [0.4, 0.5) is 39.5 Å². The first-order valence-corrected chi connectivity index (χ1v) is 24.4. The van der Waals surface area contributed by atoms with Gasteiger partial charge in [0.25, 0.3) is 11.8 Å².